The van der Waals surface area contributed by atoms with Gasteiger partial charge in [0.15, 0.2) is 0 Å². The summed E-state index contributed by atoms with van der Waals surface area (Å²) in [6.45, 7) is 6.38. The average Bonchev–Trinajstić information content (AvgIpc) is 2.33. The fourth-order valence-electron chi connectivity index (χ4n) is 1.64. The number of likely N-dealkylation sites (N-methyl/N-ethyl adjacent to an activating group) is 1. The Kier molecular flexibility index (Phi) is 5.07. The number of carbonyl (C=O) groups excluding carboxylic acids is 1. The number of nitrogens with zero attached hydrogens (tertiary/aromatic N) is 1. The summed E-state index contributed by atoms with van der Waals surface area (Å²) in [5.74, 6) is -1.18. The van der Waals surface area contributed by atoms with E-state index in [0.717, 1.165) is 12.1 Å². The van der Waals surface area contributed by atoms with Crippen LogP contribution in [0.15, 0.2) is 12.1 Å². The van der Waals surface area contributed by atoms with Crippen molar-refractivity contribution in [2.24, 2.45) is 0 Å². The molecule has 0 saturated heterocycles. The Bertz CT molecular complexity index is 431. The van der Waals surface area contributed by atoms with E-state index in [1.54, 1.807) is 4.90 Å². The van der Waals surface area contributed by atoms with Gasteiger partial charge in [-0.2, -0.15) is 0 Å². The number of hydrogen-bond donors (Lipinski definition) is 1. The first-order valence-corrected chi connectivity index (χ1v) is 5.96. The van der Waals surface area contributed by atoms with E-state index < -0.39 is 11.6 Å². The molecule has 0 saturated carbocycles. The molecule has 1 amide bonds. The summed E-state index contributed by atoms with van der Waals surface area (Å²) >= 11 is 0. The van der Waals surface area contributed by atoms with Gasteiger partial charge in [-0.05, 0) is 32.4 Å². The van der Waals surface area contributed by atoms with Crippen LogP contribution in [0.4, 0.5) is 14.5 Å². The lowest BCUT2D eigenvalue weighted by atomic mass is 10.2. The molecule has 18 heavy (non-hydrogen) atoms. The molecule has 3 nitrogen and oxygen atoms in total. The number of rotatable bonds is 5. The van der Waals surface area contributed by atoms with E-state index in [0.29, 0.717) is 13.1 Å². The van der Waals surface area contributed by atoms with Gasteiger partial charge >= 0.3 is 0 Å². The van der Waals surface area contributed by atoms with Gasteiger partial charge in [0.1, 0.15) is 11.6 Å². The van der Waals surface area contributed by atoms with Crippen molar-refractivity contribution in [3.05, 3.63) is 29.3 Å². The molecule has 0 aromatic heterocycles. The zero-order chi connectivity index (χ0) is 13.7. The molecule has 0 aliphatic carbocycles. The van der Waals surface area contributed by atoms with Crippen LogP contribution in [0.1, 0.15) is 19.4 Å². The van der Waals surface area contributed by atoms with Crippen LogP contribution in [0.25, 0.3) is 0 Å². The summed E-state index contributed by atoms with van der Waals surface area (Å²) in [4.78, 5) is 13.3. The zero-order valence-electron chi connectivity index (χ0n) is 10.9. The summed E-state index contributed by atoms with van der Waals surface area (Å²) in [5, 5.41) is 2.62. The number of amides is 1. The van der Waals surface area contributed by atoms with E-state index in [1.807, 2.05) is 13.8 Å². The molecular weight excluding hydrogens is 238 g/mol. The molecule has 1 aromatic rings. The van der Waals surface area contributed by atoms with Crippen LogP contribution < -0.4 is 5.32 Å². The molecule has 0 unspecified atom stereocenters. The maximum absolute atomic E-state index is 13.5. The Hall–Kier alpha value is -1.65. The van der Waals surface area contributed by atoms with E-state index in [4.69, 9.17) is 0 Å². The predicted octanol–water partition coefficient (Wildman–Crippen LogP) is 2.55. The minimum atomic E-state index is -0.554. The number of halogens is 2. The molecule has 0 heterocycles. The first-order valence-electron chi connectivity index (χ1n) is 5.96. The van der Waals surface area contributed by atoms with Gasteiger partial charge < -0.3 is 10.2 Å². The number of nitrogens with one attached hydrogen (secondary N) is 1. The molecule has 1 rings (SSSR count). The summed E-state index contributed by atoms with van der Waals surface area (Å²) in [7, 11) is 0. The fraction of sp³-hybridized carbons (Fsp3) is 0.462. The van der Waals surface area contributed by atoms with Gasteiger partial charge in [-0.1, -0.05) is 0 Å². The summed E-state index contributed by atoms with van der Waals surface area (Å²) < 4.78 is 26.8. The Morgan fingerprint density at radius 3 is 2.39 bits per heavy atom. The van der Waals surface area contributed by atoms with Gasteiger partial charge in [0, 0.05) is 19.2 Å². The molecule has 0 radical (unpaired) electrons. The quantitative estimate of drug-likeness (QED) is 0.878. The van der Waals surface area contributed by atoms with Crippen LogP contribution >= 0.6 is 0 Å². The lowest BCUT2D eigenvalue weighted by Crippen LogP contribution is -2.35. The van der Waals surface area contributed by atoms with Crippen molar-refractivity contribution in [1.29, 1.82) is 0 Å². The fourth-order valence-corrected chi connectivity index (χ4v) is 1.64. The number of carbonyl (C=O) groups is 1. The Balaban J connectivity index is 2.69. The highest BCUT2D eigenvalue weighted by Gasteiger charge is 2.11. The van der Waals surface area contributed by atoms with Crippen LogP contribution in [0.2, 0.25) is 0 Å². The van der Waals surface area contributed by atoms with Gasteiger partial charge in [-0.25, -0.2) is 8.78 Å². The van der Waals surface area contributed by atoms with Gasteiger partial charge in [0.05, 0.1) is 12.2 Å². The lowest BCUT2D eigenvalue weighted by molar-refractivity contribution is -0.128. The minimum absolute atomic E-state index is 0.0126. The van der Waals surface area contributed by atoms with Crippen molar-refractivity contribution in [1.82, 2.24) is 4.90 Å². The summed E-state index contributed by atoms with van der Waals surface area (Å²) in [6, 6.07) is 2.18. The van der Waals surface area contributed by atoms with Crippen molar-refractivity contribution >= 4 is 11.6 Å². The highest BCUT2D eigenvalue weighted by Crippen LogP contribution is 2.18. The molecule has 5 heteroatoms. The average molecular weight is 256 g/mol. The van der Waals surface area contributed by atoms with Crippen molar-refractivity contribution in [2.45, 2.75) is 20.8 Å². The number of anilines is 1. The highest BCUT2D eigenvalue weighted by molar-refractivity contribution is 5.80. The third kappa shape index (κ3) is 3.42. The monoisotopic (exact) mass is 256 g/mol. The van der Waals surface area contributed by atoms with Crippen LogP contribution in [-0.4, -0.2) is 30.4 Å². The van der Waals surface area contributed by atoms with E-state index >= 15 is 0 Å². The molecule has 1 aromatic carbocycles. The van der Waals surface area contributed by atoms with Gasteiger partial charge in [-0.15, -0.1) is 0 Å². The van der Waals surface area contributed by atoms with Gasteiger partial charge in [0.2, 0.25) is 5.91 Å². The second-order valence-electron chi connectivity index (χ2n) is 4.00. The largest absolute Gasteiger partial charge is 0.374 e. The first kappa shape index (κ1) is 14.4. The van der Waals surface area contributed by atoms with E-state index in [2.05, 4.69) is 5.32 Å². The van der Waals surface area contributed by atoms with Crippen LogP contribution in [0.5, 0.6) is 0 Å². The van der Waals surface area contributed by atoms with Crippen molar-refractivity contribution < 1.29 is 13.6 Å². The molecule has 100 valence electrons. The van der Waals surface area contributed by atoms with Crippen molar-refractivity contribution in [3.63, 3.8) is 0 Å². The van der Waals surface area contributed by atoms with E-state index in [-0.39, 0.29) is 23.7 Å². The van der Waals surface area contributed by atoms with E-state index in [1.165, 1.54) is 6.92 Å². The molecule has 0 atom stereocenters. The number of benzene rings is 1. The summed E-state index contributed by atoms with van der Waals surface area (Å²) in [5.41, 5.74) is 0.256. The third-order valence-corrected chi connectivity index (χ3v) is 2.79. The topological polar surface area (TPSA) is 32.3 Å². The molecule has 0 spiro atoms. The highest BCUT2D eigenvalue weighted by atomic mass is 19.1. The smallest absolute Gasteiger partial charge is 0.241 e. The second-order valence-corrected chi connectivity index (χ2v) is 4.00. The zero-order valence-corrected chi connectivity index (χ0v) is 10.9. The molecular formula is C13H18F2N2O. The molecule has 1 N–H and O–H groups in total. The van der Waals surface area contributed by atoms with E-state index in [9.17, 15) is 13.6 Å². The third-order valence-electron chi connectivity index (χ3n) is 2.79. The number of aryl methyl sites for hydroxylation is 1. The predicted molar refractivity (Wildman–Crippen MR) is 67.5 cm³/mol. The van der Waals surface area contributed by atoms with Crippen molar-refractivity contribution in [3.8, 4) is 0 Å². The SMILES string of the molecule is CCN(CC)C(=O)CNc1cc(F)c(C)cc1F. The molecule has 0 bridgehead atoms. The Labute approximate surface area is 106 Å². The minimum Gasteiger partial charge on any atom is -0.374 e. The molecule has 0 aliphatic rings. The van der Waals surface area contributed by atoms with Gasteiger partial charge in [-0.3, -0.25) is 4.79 Å². The first-order chi connectivity index (χ1) is 8.49. The van der Waals surface area contributed by atoms with Crippen LogP contribution in [-0.2, 0) is 4.79 Å². The second kappa shape index (κ2) is 6.33. The van der Waals surface area contributed by atoms with Gasteiger partial charge in [0.25, 0.3) is 0 Å². The lowest BCUT2D eigenvalue weighted by Gasteiger charge is -2.19. The Morgan fingerprint density at radius 1 is 1.22 bits per heavy atom. The molecule has 0 fully saturated rings. The maximum atomic E-state index is 13.5. The normalized spacial score (nSPS) is 10.3. The van der Waals surface area contributed by atoms with Crippen LogP contribution in [0, 0.1) is 18.6 Å². The molecule has 0 aliphatic heterocycles. The van der Waals surface area contributed by atoms with Crippen LogP contribution in [0.3, 0.4) is 0 Å². The van der Waals surface area contributed by atoms with Crippen molar-refractivity contribution in [2.75, 3.05) is 25.0 Å². The maximum Gasteiger partial charge on any atom is 0.241 e. The summed E-state index contributed by atoms with van der Waals surface area (Å²) in [6.07, 6.45) is 0. The standard InChI is InChI=1S/C13H18F2N2O/c1-4-17(5-2)13(18)8-16-12-7-10(14)9(3)6-11(12)15/h6-7,16H,4-5,8H2,1-3H3. The number of hydrogen-bond acceptors (Lipinski definition) is 2. The Morgan fingerprint density at radius 2 is 1.83 bits per heavy atom.